The summed E-state index contributed by atoms with van der Waals surface area (Å²) in [6.45, 7) is 3.32. The molecule has 19 heavy (non-hydrogen) atoms. The first-order chi connectivity index (χ1) is 8.72. The maximum Gasteiger partial charge on any atom is 0.223 e. The zero-order valence-corrected chi connectivity index (χ0v) is 12.2. The second-order valence-corrected chi connectivity index (χ2v) is 5.18. The van der Waals surface area contributed by atoms with Crippen LogP contribution in [0.2, 0.25) is 0 Å². The summed E-state index contributed by atoms with van der Waals surface area (Å²) < 4.78 is 0. The van der Waals surface area contributed by atoms with E-state index in [1.54, 1.807) is 0 Å². The van der Waals surface area contributed by atoms with E-state index in [1.165, 1.54) is 11.1 Å². The van der Waals surface area contributed by atoms with E-state index in [-0.39, 0.29) is 24.2 Å². The van der Waals surface area contributed by atoms with Gasteiger partial charge in [-0.2, -0.15) is 0 Å². The van der Waals surface area contributed by atoms with E-state index in [2.05, 4.69) is 24.4 Å². The van der Waals surface area contributed by atoms with Crippen LogP contribution in [0, 0.1) is 18.8 Å². The Bertz CT molecular complexity index is 422. The number of nitrogens with one attached hydrogen (secondary N) is 1. The van der Waals surface area contributed by atoms with Crippen LogP contribution in [0.25, 0.3) is 0 Å². The van der Waals surface area contributed by atoms with E-state index in [9.17, 15) is 4.79 Å². The Morgan fingerprint density at radius 1 is 1.37 bits per heavy atom. The van der Waals surface area contributed by atoms with Gasteiger partial charge in [0.1, 0.15) is 0 Å². The number of halogens is 1. The largest absolute Gasteiger partial charge is 0.352 e. The van der Waals surface area contributed by atoms with Crippen molar-refractivity contribution in [1.29, 1.82) is 0 Å². The Balaban J connectivity index is 0.00000180. The molecule has 1 aromatic rings. The zero-order chi connectivity index (χ0) is 13.0. The van der Waals surface area contributed by atoms with Gasteiger partial charge in [0.15, 0.2) is 0 Å². The highest BCUT2D eigenvalue weighted by atomic mass is 35.5. The summed E-state index contributed by atoms with van der Waals surface area (Å²) in [5, 5.41) is 3.05. The lowest BCUT2D eigenvalue weighted by Gasteiger charge is -2.17. The molecule has 2 rings (SSSR count). The third-order valence-electron chi connectivity index (χ3n) is 4.01. The Morgan fingerprint density at radius 2 is 2.11 bits per heavy atom. The standard InChI is InChI=1S/C15H22N2O.ClH/c1-11-5-2-3-6-13(11)10-17-15(18)14-8-4-7-12(14)9-16;/h2-3,5-6,12,14H,4,7-10,16H2,1H3,(H,17,18);1H/t12-,14-;/m1./s1. The molecule has 3 nitrogen and oxygen atoms in total. The van der Waals surface area contributed by atoms with E-state index in [0.717, 1.165) is 19.3 Å². The van der Waals surface area contributed by atoms with Crippen LogP contribution < -0.4 is 11.1 Å². The van der Waals surface area contributed by atoms with Gasteiger partial charge in [-0.05, 0) is 43.4 Å². The molecule has 2 atom stereocenters. The number of hydrogen-bond donors (Lipinski definition) is 2. The molecule has 0 bridgehead atoms. The predicted molar refractivity (Wildman–Crippen MR) is 80.2 cm³/mol. The molecular formula is C15H23ClN2O. The van der Waals surface area contributed by atoms with Crippen molar-refractivity contribution in [3.8, 4) is 0 Å². The third-order valence-corrected chi connectivity index (χ3v) is 4.01. The minimum atomic E-state index is 0. The summed E-state index contributed by atoms with van der Waals surface area (Å²) in [5.74, 6) is 0.673. The molecule has 4 heteroatoms. The lowest BCUT2D eigenvalue weighted by molar-refractivity contribution is -0.126. The van der Waals surface area contributed by atoms with E-state index in [1.807, 2.05) is 12.1 Å². The second-order valence-electron chi connectivity index (χ2n) is 5.18. The maximum atomic E-state index is 12.1. The monoisotopic (exact) mass is 282 g/mol. The molecule has 106 valence electrons. The smallest absolute Gasteiger partial charge is 0.223 e. The minimum absolute atomic E-state index is 0. The van der Waals surface area contributed by atoms with Crippen molar-refractivity contribution >= 4 is 18.3 Å². The second kappa shape index (κ2) is 7.51. The highest BCUT2D eigenvalue weighted by Gasteiger charge is 2.31. The molecule has 0 spiro atoms. The fraction of sp³-hybridized carbons (Fsp3) is 0.533. The van der Waals surface area contributed by atoms with Crippen LogP contribution in [0.3, 0.4) is 0 Å². The van der Waals surface area contributed by atoms with Gasteiger partial charge in [-0.1, -0.05) is 30.7 Å². The van der Waals surface area contributed by atoms with Crippen LogP contribution in [0.1, 0.15) is 30.4 Å². The highest BCUT2D eigenvalue weighted by molar-refractivity contribution is 5.85. The Kier molecular flexibility index (Phi) is 6.32. The predicted octanol–water partition coefficient (Wildman–Crippen LogP) is 2.41. The molecule has 0 aromatic heterocycles. The van der Waals surface area contributed by atoms with Crippen LogP contribution in [0.4, 0.5) is 0 Å². The number of nitrogens with two attached hydrogens (primary N) is 1. The molecule has 1 fully saturated rings. The van der Waals surface area contributed by atoms with Crippen molar-refractivity contribution < 1.29 is 4.79 Å². The highest BCUT2D eigenvalue weighted by Crippen LogP contribution is 2.30. The third kappa shape index (κ3) is 3.95. The van der Waals surface area contributed by atoms with E-state index >= 15 is 0 Å². The molecule has 0 radical (unpaired) electrons. The summed E-state index contributed by atoms with van der Waals surface area (Å²) in [7, 11) is 0. The van der Waals surface area contributed by atoms with E-state index in [4.69, 9.17) is 5.73 Å². The van der Waals surface area contributed by atoms with Gasteiger partial charge in [0.2, 0.25) is 5.91 Å². The lowest BCUT2D eigenvalue weighted by Crippen LogP contribution is -2.34. The molecule has 0 saturated heterocycles. The Hall–Kier alpha value is -1.06. The van der Waals surface area contributed by atoms with E-state index < -0.39 is 0 Å². The number of amides is 1. The van der Waals surface area contributed by atoms with Gasteiger partial charge in [-0.25, -0.2) is 0 Å². The summed E-state index contributed by atoms with van der Waals surface area (Å²) >= 11 is 0. The van der Waals surface area contributed by atoms with Crippen LogP contribution >= 0.6 is 12.4 Å². The average molecular weight is 283 g/mol. The molecule has 0 unspecified atom stereocenters. The Morgan fingerprint density at radius 3 is 2.79 bits per heavy atom. The quantitative estimate of drug-likeness (QED) is 0.891. The molecule has 1 aliphatic rings. The first-order valence-corrected chi connectivity index (χ1v) is 6.74. The number of carbonyl (C=O) groups excluding carboxylic acids is 1. The molecule has 0 aliphatic heterocycles. The maximum absolute atomic E-state index is 12.1. The van der Waals surface area contributed by atoms with E-state index in [0.29, 0.717) is 19.0 Å². The first kappa shape index (κ1) is 16.0. The summed E-state index contributed by atoms with van der Waals surface area (Å²) in [5.41, 5.74) is 8.12. The van der Waals surface area contributed by atoms with Crippen LogP contribution in [-0.4, -0.2) is 12.5 Å². The molecular weight excluding hydrogens is 260 g/mol. The van der Waals surface area contributed by atoms with Crippen molar-refractivity contribution in [2.45, 2.75) is 32.7 Å². The summed E-state index contributed by atoms with van der Waals surface area (Å²) in [6, 6.07) is 8.15. The molecule has 1 amide bonds. The van der Waals surface area contributed by atoms with Crippen LogP contribution in [-0.2, 0) is 11.3 Å². The number of rotatable bonds is 4. The Labute approximate surface area is 121 Å². The first-order valence-electron chi connectivity index (χ1n) is 6.74. The molecule has 3 N–H and O–H groups in total. The molecule has 0 heterocycles. The summed E-state index contributed by atoms with van der Waals surface area (Å²) in [4.78, 5) is 12.1. The van der Waals surface area contributed by atoms with Gasteiger partial charge in [-0.3, -0.25) is 4.79 Å². The zero-order valence-electron chi connectivity index (χ0n) is 11.4. The SMILES string of the molecule is Cc1ccccc1CNC(=O)[C@@H]1CCC[C@@H]1CN.Cl. The lowest BCUT2D eigenvalue weighted by atomic mass is 9.95. The average Bonchev–Trinajstić information content (AvgIpc) is 2.86. The van der Waals surface area contributed by atoms with Gasteiger partial charge < -0.3 is 11.1 Å². The van der Waals surface area contributed by atoms with Gasteiger partial charge in [0, 0.05) is 12.5 Å². The normalized spacial score (nSPS) is 21.8. The number of benzene rings is 1. The topological polar surface area (TPSA) is 55.1 Å². The number of carbonyl (C=O) groups is 1. The van der Waals surface area contributed by atoms with Crippen molar-refractivity contribution in [2.24, 2.45) is 17.6 Å². The van der Waals surface area contributed by atoms with Crippen molar-refractivity contribution in [3.63, 3.8) is 0 Å². The van der Waals surface area contributed by atoms with Gasteiger partial charge >= 0.3 is 0 Å². The fourth-order valence-corrected chi connectivity index (χ4v) is 2.79. The van der Waals surface area contributed by atoms with Crippen molar-refractivity contribution in [3.05, 3.63) is 35.4 Å². The van der Waals surface area contributed by atoms with Gasteiger partial charge in [0.05, 0.1) is 0 Å². The van der Waals surface area contributed by atoms with Crippen LogP contribution in [0.5, 0.6) is 0 Å². The minimum Gasteiger partial charge on any atom is -0.352 e. The van der Waals surface area contributed by atoms with Crippen molar-refractivity contribution in [2.75, 3.05) is 6.54 Å². The molecule has 1 aliphatic carbocycles. The number of hydrogen-bond acceptors (Lipinski definition) is 2. The van der Waals surface area contributed by atoms with Gasteiger partial charge in [-0.15, -0.1) is 12.4 Å². The molecule has 1 saturated carbocycles. The van der Waals surface area contributed by atoms with Crippen LogP contribution in [0.15, 0.2) is 24.3 Å². The van der Waals surface area contributed by atoms with Crippen molar-refractivity contribution in [1.82, 2.24) is 5.32 Å². The van der Waals surface area contributed by atoms with Gasteiger partial charge in [0.25, 0.3) is 0 Å². The number of aryl methyl sites for hydroxylation is 1. The fourth-order valence-electron chi connectivity index (χ4n) is 2.79. The molecule has 1 aromatic carbocycles. The summed E-state index contributed by atoms with van der Waals surface area (Å²) in [6.07, 6.45) is 3.21.